The van der Waals surface area contributed by atoms with Gasteiger partial charge in [0.05, 0.1) is 5.69 Å². The van der Waals surface area contributed by atoms with E-state index in [1.165, 1.54) is 21.9 Å². The van der Waals surface area contributed by atoms with Gasteiger partial charge in [0.1, 0.15) is 11.2 Å². The summed E-state index contributed by atoms with van der Waals surface area (Å²) in [4.78, 5) is 2.36. The standard InChI is InChI=1S/C40H27NO/c1-4-12-28(13-5-1)29-20-22-34(23-21-29)41(33-18-8-3-9-19-33)36-24-25-37-40(39(36)30-14-6-2-7-15-30)35-26-31-16-10-11-17-32(31)27-38(35)42-37/h1-27H. The summed E-state index contributed by atoms with van der Waals surface area (Å²) in [5.41, 5.74) is 9.77. The van der Waals surface area contributed by atoms with Gasteiger partial charge in [0.2, 0.25) is 0 Å². The average molecular weight is 538 g/mol. The van der Waals surface area contributed by atoms with Gasteiger partial charge in [-0.15, -0.1) is 0 Å². The summed E-state index contributed by atoms with van der Waals surface area (Å²) in [5.74, 6) is 0. The molecule has 0 fully saturated rings. The van der Waals surface area contributed by atoms with Crippen LogP contribution >= 0.6 is 0 Å². The van der Waals surface area contributed by atoms with E-state index in [1.54, 1.807) is 0 Å². The van der Waals surface area contributed by atoms with Crippen molar-refractivity contribution >= 4 is 49.8 Å². The number of rotatable bonds is 5. The maximum Gasteiger partial charge on any atom is 0.136 e. The summed E-state index contributed by atoms with van der Waals surface area (Å²) in [5, 5.41) is 4.63. The van der Waals surface area contributed by atoms with Crippen molar-refractivity contribution in [3.05, 3.63) is 164 Å². The first kappa shape index (κ1) is 24.2. The van der Waals surface area contributed by atoms with E-state index in [-0.39, 0.29) is 0 Å². The molecule has 8 rings (SSSR count). The van der Waals surface area contributed by atoms with E-state index in [4.69, 9.17) is 4.42 Å². The molecule has 198 valence electrons. The van der Waals surface area contributed by atoms with Gasteiger partial charge in [0.25, 0.3) is 0 Å². The minimum Gasteiger partial charge on any atom is -0.456 e. The lowest BCUT2D eigenvalue weighted by atomic mass is 9.95. The molecule has 0 bridgehead atoms. The topological polar surface area (TPSA) is 16.4 Å². The zero-order valence-electron chi connectivity index (χ0n) is 22.9. The molecule has 0 spiro atoms. The summed E-state index contributed by atoms with van der Waals surface area (Å²) in [6.45, 7) is 0. The quantitative estimate of drug-likeness (QED) is 0.217. The van der Waals surface area contributed by atoms with E-state index in [1.807, 2.05) is 0 Å². The molecule has 7 aromatic carbocycles. The summed E-state index contributed by atoms with van der Waals surface area (Å²) in [7, 11) is 0. The number of fused-ring (bicyclic) bond motifs is 4. The van der Waals surface area contributed by atoms with Crippen molar-refractivity contribution in [1.29, 1.82) is 0 Å². The van der Waals surface area contributed by atoms with Gasteiger partial charge in [0.15, 0.2) is 0 Å². The lowest BCUT2D eigenvalue weighted by molar-refractivity contribution is 0.669. The maximum atomic E-state index is 6.52. The van der Waals surface area contributed by atoms with E-state index >= 15 is 0 Å². The summed E-state index contributed by atoms with van der Waals surface area (Å²) < 4.78 is 6.52. The molecule has 0 saturated carbocycles. The molecule has 8 aromatic rings. The molecule has 1 heterocycles. The van der Waals surface area contributed by atoms with Gasteiger partial charge in [-0.05, 0) is 76.0 Å². The van der Waals surface area contributed by atoms with E-state index in [9.17, 15) is 0 Å². The second-order valence-corrected chi connectivity index (χ2v) is 10.6. The number of para-hydroxylation sites is 1. The van der Waals surface area contributed by atoms with Crippen LogP contribution in [0.5, 0.6) is 0 Å². The molecule has 0 radical (unpaired) electrons. The molecule has 2 nitrogen and oxygen atoms in total. The molecule has 0 saturated heterocycles. The molecule has 0 aliphatic rings. The molecule has 2 heteroatoms. The van der Waals surface area contributed by atoms with Crippen molar-refractivity contribution < 1.29 is 4.42 Å². The number of hydrogen-bond acceptors (Lipinski definition) is 2. The molecule has 0 unspecified atom stereocenters. The highest BCUT2D eigenvalue weighted by molar-refractivity contribution is 6.18. The van der Waals surface area contributed by atoms with Crippen LogP contribution in [0.1, 0.15) is 0 Å². The Morgan fingerprint density at radius 1 is 0.405 bits per heavy atom. The predicted octanol–water partition coefficient (Wildman–Crippen LogP) is 11.5. The van der Waals surface area contributed by atoms with Crippen LogP contribution in [0.25, 0.3) is 55.0 Å². The van der Waals surface area contributed by atoms with Gasteiger partial charge in [-0.2, -0.15) is 0 Å². The number of furan rings is 1. The average Bonchev–Trinajstić information content (AvgIpc) is 3.42. The van der Waals surface area contributed by atoms with Crippen LogP contribution in [0, 0.1) is 0 Å². The number of nitrogens with zero attached hydrogens (tertiary/aromatic N) is 1. The first-order valence-corrected chi connectivity index (χ1v) is 14.3. The fourth-order valence-corrected chi connectivity index (χ4v) is 6.06. The third-order valence-electron chi connectivity index (χ3n) is 8.03. The van der Waals surface area contributed by atoms with Crippen molar-refractivity contribution in [2.24, 2.45) is 0 Å². The normalized spacial score (nSPS) is 11.3. The Kier molecular flexibility index (Phi) is 5.82. The highest BCUT2D eigenvalue weighted by atomic mass is 16.3. The first-order chi connectivity index (χ1) is 20.8. The molecular formula is C40H27NO. The third-order valence-corrected chi connectivity index (χ3v) is 8.03. The Morgan fingerprint density at radius 3 is 1.64 bits per heavy atom. The Labute approximate surface area is 244 Å². The van der Waals surface area contributed by atoms with Crippen molar-refractivity contribution in [3.8, 4) is 22.3 Å². The van der Waals surface area contributed by atoms with Gasteiger partial charge >= 0.3 is 0 Å². The van der Waals surface area contributed by atoms with Crippen LogP contribution in [0.4, 0.5) is 17.1 Å². The zero-order valence-corrected chi connectivity index (χ0v) is 22.9. The molecule has 0 atom stereocenters. The zero-order chi connectivity index (χ0) is 27.9. The highest BCUT2D eigenvalue weighted by Crippen LogP contribution is 2.47. The first-order valence-electron chi connectivity index (χ1n) is 14.3. The summed E-state index contributed by atoms with van der Waals surface area (Å²) in [6, 6.07) is 57.9. The Morgan fingerprint density at radius 2 is 0.952 bits per heavy atom. The van der Waals surface area contributed by atoms with E-state index < -0.39 is 0 Å². The molecular weight excluding hydrogens is 510 g/mol. The maximum absolute atomic E-state index is 6.52. The second kappa shape index (κ2) is 10.1. The fourth-order valence-electron chi connectivity index (χ4n) is 6.06. The minimum absolute atomic E-state index is 0.885. The van der Waals surface area contributed by atoms with Gasteiger partial charge < -0.3 is 9.32 Å². The molecule has 0 amide bonds. The number of benzene rings is 7. The van der Waals surface area contributed by atoms with Crippen LogP contribution in [-0.2, 0) is 0 Å². The lowest BCUT2D eigenvalue weighted by Gasteiger charge is -2.28. The van der Waals surface area contributed by atoms with Gasteiger partial charge in [-0.25, -0.2) is 0 Å². The van der Waals surface area contributed by atoms with Gasteiger partial charge in [0, 0.05) is 27.7 Å². The highest BCUT2D eigenvalue weighted by Gasteiger charge is 2.22. The van der Waals surface area contributed by atoms with Crippen molar-refractivity contribution in [1.82, 2.24) is 0 Å². The van der Waals surface area contributed by atoms with Crippen LogP contribution in [0.2, 0.25) is 0 Å². The Balaban J connectivity index is 1.41. The smallest absolute Gasteiger partial charge is 0.136 e. The molecule has 42 heavy (non-hydrogen) atoms. The lowest BCUT2D eigenvalue weighted by Crippen LogP contribution is -2.11. The number of anilines is 3. The Hall–Kier alpha value is -5.60. The number of hydrogen-bond donors (Lipinski definition) is 0. The van der Waals surface area contributed by atoms with E-state index in [2.05, 4.69) is 169 Å². The SMILES string of the molecule is c1ccc(-c2ccc(N(c3ccccc3)c3ccc4oc5cc6ccccc6cc5c4c3-c3ccccc3)cc2)cc1. The summed E-state index contributed by atoms with van der Waals surface area (Å²) in [6.07, 6.45) is 0. The van der Waals surface area contributed by atoms with Crippen molar-refractivity contribution in [2.75, 3.05) is 4.90 Å². The summed E-state index contributed by atoms with van der Waals surface area (Å²) >= 11 is 0. The van der Waals surface area contributed by atoms with Crippen LogP contribution in [0.3, 0.4) is 0 Å². The van der Waals surface area contributed by atoms with E-state index in [0.717, 1.165) is 50.1 Å². The van der Waals surface area contributed by atoms with Crippen LogP contribution in [0.15, 0.2) is 168 Å². The largest absolute Gasteiger partial charge is 0.456 e. The van der Waals surface area contributed by atoms with E-state index in [0.29, 0.717) is 0 Å². The fraction of sp³-hybridized carbons (Fsp3) is 0. The molecule has 0 N–H and O–H groups in total. The molecule has 0 aliphatic heterocycles. The van der Waals surface area contributed by atoms with Crippen molar-refractivity contribution in [3.63, 3.8) is 0 Å². The van der Waals surface area contributed by atoms with Crippen LogP contribution < -0.4 is 4.90 Å². The van der Waals surface area contributed by atoms with Gasteiger partial charge in [-0.3, -0.25) is 0 Å². The predicted molar refractivity (Wildman–Crippen MR) is 177 cm³/mol. The second-order valence-electron chi connectivity index (χ2n) is 10.6. The van der Waals surface area contributed by atoms with Gasteiger partial charge in [-0.1, -0.05) is 115 Å². The molecule has 0 aliphatic carbocycles. The minimum atomic E-state index is 0.885. The van der Waals surface area contributed by atoms with Crippen molar-refractivity contribution in [2.45, 2.75) is 0 Å². The van der Waals surface area contributed by atoms with Crippen LogP contribution in [-0.4, -0.2) is 0 Å². The monoisotopic (exact) mass is 537 g/mol. The molecule has 1 aromatic heterocycles. The third kappa shape index (κ3) is 4.13. The Bertz CT molecular complexity index is 2160.